The van der Waals surface area contributed by atoms with Gasteiger partial charge >= 0.3 is 0 Å². The van der Waals surface area contributed by atoms with E-state index in [9.17, 15) is 4.79 Å². The molecule has 1 N–H and O–H groups in total. The van der Waals surface area contributed by atoms with Crippen molar-refractivity contribution >= 4 is 0 Å². The zero-order chi connectivity index (χ0) is 12.3. The summed E-state index contributed by atoms with van der Waals surface area (Å²) >= 11 is 0. The maximum absolute atomic E-state index is 11.5. The minimum atomic E-state index is -0.216. The molecule has 0 aliphatic rings. The normalized spacial score (nSPS) is 10.8. The Morgan fingerprint density at radius 3 is 2.88 bits per heavy atom. The fourth-order valence-electron chi connectivity index (χ4n) is 1.52. The van der Waals surface area contributed by atoms with E-state index >= 15 is 0 Å². The summed E-state index contributed by atoms with van der Waals surface area (Å²) in [6.45, 7) is 4.09. The van der Waals surface area contributed by atoms with Gasteiger partial charge in [0.2, 0.25) is 0 Å². The minimum Gasteiger partial charge on any atom is -0.266 e. The Kier molecular flexibility index (Phi) is 3.27. The fourth-order valence-corrected chi connectivity index (χ4v) is 1.52. The number of pyridine rings is 1. The van der Waals surface area contributed by atoms with Gasteiger partial charge in [-0.1, -0.05) is 13.8 Å². The van der Waals surface area contributed by atoms with E-state index in [4.69, 9.17) is 0 Å². The monoisotopic (exact) mass is 230 g/mol. The van der Waals surface area contributed by atoms with Crippen LogP contribution in [0.1, 0.15) is 19.5 Å². The standard InChI is InChI=1S/C12H14N4O/c1-8(2)6-10-12(17)16-15-11(14-10)9-4-3-5-13-7-9/h3-5,7-8H,6H2,1-2H3,(H,16,17). The summed E-state index contributed by atoms with van der Waals surface area (Å²) in [7, 11) is 0. The van der Waals surface area contributed by atoms with Gasteiger partial charge in [0.05, 0.1) is 0 Å². The van der Waals surface area contributed by atoms with Crippen molar-refractivity contribution in [3.8, 4) is 11.4 Å². The Labute approximate surface area is 99.0 Å². The molecule has 5 heteroatoms. The molecule has 0 aliphatic heterocycles. The Morgan fingerprint density at radius 2 is 2.24 bits per heavy atom. The van der Waals surface area contributed by atoms with E-state index in [-0.39, 0.29) is 5.56 Å². The summed E-state index contributed by atoms with van der Waals surface area (Å²) in [5, 5.41) is 6.40. The van der Waals surface area contributed by atoms with E-state index in [1.807, 2.05) is 26.0 Å². The third-order valence-electron chi connectivity index (χ3n) is 2.29. The van der Waals surface area contributed by atoms with E-state index in [0.29, 0.717) is 23.9 Å². The fraction of sp³-hybridized carbons (Fsp3) is 0.333. The molecule has 17 heavy (non-hydrogen) atoms. The van der Waals surface area contributed by atoms with Crippen LogP contribution < -0.4 is 5.56 Å². The second-order valence-electron chi connectivity index (χ2n) is 4.27. The molecule has 0 saturated heterocycles. The van der Waals surface area contributed by atoms with Gasteiger partial charge in [-0.15, -0.1) is 0 Å². The third-order valence-corrected chi connectivity index (χ3v) is 2.29. The highest BCUT2D eigenvalue weighted by atomic mass is 16.1. The topological polar surface area (TPSA) is 71.5 Å². The highest BCUT2D eigenvalue weighted by molar-refractivity contribution is 5.51. The molecule has 0 spiro atoms. The Morgan fingerprint density at radius 1 is 1.41 bits per heavy atom. The molecule has 88 valence electrons. The van der Waals surface area contributed by atoms with Crippen LogP contribution in [-0.2, 0) is 6.42 Å². The molecule has 0 fully saturated rings. The Bertz CT molecular complexity index is 548. The van der Waals surface area contributed by atoms with Crippen molar-refractivity contribution in [3.05, 3.63) is 40.6 Å². The van der Waals surface area contributed by atoms with Crippen molar-refractivity contribution in [2.75, 3.05) is 0 Å². The molecule has 0 aromatic carbocycles. The molecule has 0 bridgehead atoms. The molecule has 0 unspecified atom stereocenters. The molecule has 5 nitrogen and oxygen atoms in total. The lowest BCUT2D eigenvalue weighted by Gasteiger charge is -2.04. The first-order valence-electron chi connectivity index (χ1n) is 5.53. The molecular weight excluding hydrogens is 216 g/mol. The molecular formula is C12H14N4O. The van der Waals surface area contributed by atoms with Crippen LogP contribution in [0.5, 0.6) is 0 Å². The Hall–Kier alpha value is -2.04. The molecule has 0 saturated carbocycles. The second-order valence-corrected chi connectivity index (χ2v) is 4.27. The lowest BCUT2D eigenvalue weighted by atomic mass is 10.1. The molecule has 2 aromatic rings. The Balaban J connectivity index is 2.41. The number of nitrogens with one attached hydrogen (secondary N) is 1. The zero-order valence-corrected chi connectivity index (χ0v) is 9.84. The number of H-pyrrole nitrogens is 1. The number of nitrogens with zero attached hydrogens (tertiary/aromatic N) is 3. The molecule has 2 aromatic heterocycles. The molecule has 2 rings (SSSR count). The van der Waals surface area contributed by atoms with Crippen molar-refractivity contribution in [3.63, 3.8) is 0 Å². The lowest BCUT2D eigenvalue weighted by molar-refractivity contribution is 0.624. The van der Waals surface area contributed by atoms with Gasteiger partial charge in [-0.25, -0.2) is 10.1 Å². The average molecular weight is 230 g/mol. The van der Waals surface area contributed by atoms with Crippen molar-refractivity contribution < 1.29 is 0 Å². The highest BCUT2D eigenvalue weighted by Gasteiger charge is 2.08. The third kappa shape index (κ3) is 2.75. The summed E-state index contributed by atoms with van der Waals surface area (Å²) in [4.78, 5) is 19.8. The first kappa shape index (κ1) is 11.4. The van der Waals surface area contributed by atoms with Crippen molar-refractivity contribution in [2.45, 2.75) is 20.3 Å². The predicted octanol–water partition coefficient (Wildman–Crippen LogP) is 1.43. The number of aromatic nitrogens is 4. The van der Waals surface area contributed by atoms with Crippen molar-refractivity contribution in [2.24, 2.45) is 5.92 Å². The molecule has 0 atom stereocenters. The maximum Gasteiger partial charge on any atom is 0.285 e. The van der Waals surface area contributed by atoms with E-state index < -0.39 is 0 Å². The number of hydrogen-bond donors (Lipinski definition) is 1. The van der Waals surface area contributed by atoms with Crippen LogP contribution in [0, 0.1) is 5.92 Å². The quantitative estimate of drug-likeness (QED) is 0.865. The van der Waals surface area contributed by atoms with Gasteiger partial charge in [-0.3, -0.25) is 9.78 Å². The van der Waals surface area contributed by atoms with Gasteiger partial charge < -0.3 is 0 Å². The van der Waals surface area contributed by atoms with Crippen LogP contribution in [-0.4, -0.2) is 20.2 Å². The molecule has 0 radical (unpaired) electrons. The largest absolute Gasteiger partial charge is 0.285 e. The van der Waals surface area contributed by atoms with Crippen LogP contribution >= 0.6 is 0 Å². The van der Waals surface area contributed by atoms with E-state index in [1.54, 1.807) is 12.4 Å². The van der Waals surface area contributed by atoms with Crippen molar-refractivity contribution in [1.29, 1.82) is 0 Å². The van der Waals surface area contributed by atoms with Gasteiger partial charge in [0.15, 0.2) is 5.82 Å². The summed E-state index contributed by atoms with van der Waals surface area (Å²) < 4.78 is 0. The lowest BCUT2D eigenvalue weighted by Crippen LogP contribution is -2.19. The number of hydrogen-bond acceptors (Lipinski definition) is 4. The summed E-state index contributed by atoms with van der Waals surface area (Å²) in [5.74, 6) is 0.890. The molecule has 2 heterocycles. The summed E-state index contributed by atoms with van der Waals surface area (Å²) in [6.07, 6.45) is 4.00. The van der Waals surface area contributed by atoms with Crippen LogP contribution in [0.3, 0.4) is 0 Å². The van der Waals surface area contributed by atoms with Crippen molar-refractivity contribution in [1.82, 2.24) is 20.2 Å². The van der Waals surface area contributed by atoms with Gasteiger partial charge in [-0.05, 0) is 24.5 Å². The minimum absolute atomic E-state index is 0.216. The highest BCUT2D eigenvalue weighted by Crippen LogP contribution is 2.11. The number of rotatable bonds is 3. The smallest absolute Gasteiger partial charge is 0.266 e. The maximum atomic E-state index is 11.5. The summed E-state index contributed by atoms with van der Waals surface area (Å²) in [6, 6.07) is 3.67. The van der Waals surface area contributed by atoms with Crippen LogP contribution in [0.25, 0.3) is 11.4 Å². The first-order chi connectivity index (χ1) is 8.16. The SMILES string of the molecule is CC(C)Cc1nc(-c2cccnc2)n[nH]c1=O. The van der Waals surface area contributed by atoms with E-state index in [0.717, 1.165) is 5.56 Å². The summed E-state index contributed by atoms with van der Waals surface area (Å²) in [5.41, 5.74) is 1.11. The van der Waals surface area contributed by atoms with E-state index in [1.165, 1.54) is 0 Å². The zero-order valence-electron chi connectivity index (χ0n) is 9.84. The average Bonchev–Trinajstić information content (AvgIpc) is 2.32. The van der Waals surface area contributed by atoms with Gasteiger partial charge in [0.25, 0.3) is 5.56 Å². The van der Waals surface area contributed by atoms with E-state index in [2.05, 4.69) is 20.2 Å². The molecule has 0 amide bonds. The molecule has 0 aliphatic carbocycles. The van der Waals surface area contributed by atoms with Gasteiger partial charge in [0, 0.05) is 18.0 Å². The van der Waals surface area contributed by atoms with Crippen LogP contribution in [0.15, 0.2) is 29.3 Å². The number of aromatic amines is 1. The van der Waals surface area contributed by atoms with Gasteiger partial charge in [-0.2, -0.15) is 5.10 Å². The first-order valence-corrected chi connectivity index (χ1v) is 5.53. The van der Waals surface area contributed by atoms with Crippen LogP contribution in [0.2, 0.25) is 0 Å². The predicted molar refractivity (Wildman–Crippen MR) is 64.4 cm³/mol. The van der Waals surface area contributed by atoms with Crippen LogP contribution in [0.4, 0.5) is 0 Å². The second kappa shape index (κ2) is 4.86. The van der Waals surface area contributed by atoms with Gasteiger partial charge in [0.1, 0.15) is 5.69 Å².